The van der Waals surface area contributed by atoms with Crippen LogP contribution in [0.25, 0.3) is 0 Å². The monoisotopic (exact) mass is 291 g/mol. The van der Waals surface area contributed by atoms with Gasteiger partial charge in [0.25, 0.3) is 0 Å². The maximum atomic E-state index is 12.2. The Bertz CT molecular complexity index is 585. The Hall–Kier alpha value is -1.62. The van der Waals surface area contributed by atoms with Crippen LogP contribution in [-0.4, -0.2) is 15.5 Å². The van der Waals surface area contributed by atoms with E-state index in [1.807, 2.05) is 17.7 Å². The molecule has 20 heavy (non-hydrogen) atoms. The quantitative estimate of drug-likeness (QED) is 0.919. The summed E-state index contributed by atoms with van der Waals surface area (Å²) in [5.41, 5.74) is 0. The van der Waals surface area contributed by atoms with Gasteiger partial charge < -0.3 is 9.88 Å². The first kappa shape index (κ1) is 14.8. The third-order valence-corrected chi connectivity index (χ3v) is 4.25. The summed E-state index contributed by atoms with van der Waals surface area (Å²) in [5, 5.41) is 2.99. The molecule has 0 aliphatic rings. The Morgan fingerprint density at radius 3 is 2.75 bits per heavy atom. The summed E-state index contributed by atoms with van der Waals surface area (Å²) in [4.78, 5) is 19.0. The van der Waals surface area contributed by atoms with Gasteiger partial charge in [-0.2, -0.15) is 0 Å². The number of hydrogen-bond donors (Lipinski definition) is 1. The van der Waals surface area contributed by atoms with E-state index in [4.69, 9.17) is 0 Å². The SMILES string of the molecule is Cc1ccc(CNC(=O)[C@@H](C)n2ccnc2C(C)C)s1. The molecule has 0 aliphatic carbocycles. The molecule has 5 heteroatoms. The average Bonchev–Trinajstić information content (AvgIpc) is 3.03. The lowest BCUT2D eigenvalue weighted by molar-refractivity contribution is -0.124. The highest BCUT2D eigenvalue weighted by Gasteiger charge is 2.18. The van der Waals surface area contributed by atoms with E-state index in [0.717, 1.165) is 5.82 Å². The maximum absolute atomic E-state index is 12.2. The summed E-state index contributed by atoms with van der Waals surface area (Å²) in [7, 11) is 0. The molecule has 0 aliphatic heterocycles. The molecule has 0 spiro atoms. The highest BCUT2D eigenvalue weighted by molar-refractivity contribution is 7.11. The number of imidazole rings is 1. The number of carbonyl (C=O) groups is 1. The normalized spacial score (nSPS) is 12.7. The van der Waals surface area contributed by atoms with Crippen LogP contribution < -0.4 is 5.32 Å². The predicted octanol–water partition coefficient (Wildman–Crippen LogP) is 3.25. The molecule has 2 aromatic heterocycles. The number of thiophene rings is 1. The van der Waals surface area contributed by atoms with Crippen molar-refractivity contribution in [2.45, 2.75) is 46.2 Å². The molecular formula is C15H21N3OS. The first-order chi connectivity index (χ1) is 9.49. The minimum atomic E-state index is -0.240. The number of aromatic nitrogens is 2. The number of hydrogen-bond acceptors (Lipinski definition) is 3. The molecule has 0 bridgehead atoms. The van der Waals surface area contributed by atoms with Gasteiger partial charge in [0, 0.05) is 28.1 Å². The standard InChI is InChI=1S/C15H21N3OS/c1-10(2)14-16-7-8-18(14)12(4)15(19)17-9-13-6-5-11(3)20-13/h5-8,10,12H,9H2,1-4H3,(H,17,19)/t12-/m1/s1. The number of carbonyl (C=O) groups excluding carboxylic acids is 1. The molecule has 0 radical (unpaired) electrons. The van der Waals surface area contributed by atoms with Gasteiger partial charge in [-0.05, 0) is 26.0 Å². The summed E-state index contributed by atoms with van der Waals surface area (Å²) in [6, 6.07) is 3.89. The molecule has 2 aromatic rings. The molecule has 1 atom stereocenters. The number of rotatable bonds is 5. The van der Waals surface area contributed by atoms with Crippen molar-refractivity contribution in [3.05, 3.63) is 40.1 Å². The third kappa shape index (κ3) is 3.28. The molecule has 0 saturated carbocycles. The smallest absolute Gasteiger partial charge is 0.243 e. The van der Waals surface area contributed by atoms with E-state index in [1.54, 1.807) is 17.5 Å². The van der Waals surface area contributed by atoms with Crippen LogP contribution in [0.2, 0.25) is 0 Å². The van der Waals surface area contributed by atoms with E-state index in [1.165, 1.54) is 9.75 Å². The second-order valence-corrected chi connectivity index (χ2v) is 6.63. The zero-order chi connectivity index (χ0) is 14.7. The van der Waals surface area contributed by atoms with E-state index in [-0.39, 0.29) is 11.9 Å². The molecule has 2 heterocycles. The molecule has 1 amide bonds. The van der Waals surface area contributed by atoms with Crippen LogP contribution in [0.15, 0.2) is 24.5 Å². The van der Waals surface area contributed by atoms with Crippen molar-refractivity contribution in [2.24, 2.45) is 0 Å². The number of aryl methyl sites for hydroxylation is 1. The minimum absolute atomic E-state index is 0.0240. The highest BCUT2D eigenvalue weighted by atomic mass is 32.1. The summed E-state index contributed by atoms with van der Waals surface area (Å²) in [6.07, 6.45) is 3.62. The summed E-state index contributed by atoms with van der Waals surface area (Å²) < 4.78 is 1.94. The highest BCUT2D eigenvalue weighted by Crippen LogP contribution is 2.18. The maximum Gasteiger partial charge on any atom is 0.243 e. The molecule has 0 aromatic carbocycles. The van der Waals surface area contributed by atoms with Gasteiger partial charge in [-0.1, -0.05) is 13.8 Å². The average molecular weight is 291 g/mol. The Morgan fingerprint density at radius 2 is 2.15 bits per heavy atom. The van der Waals surface area contributed by atoms with Gasteiger partial charge in [-0.15, -0.1) is 11.3 Å². The van der Waals surface area contributed by atoms with Gasteiger partial charge in [0.1, 0.15) is 11.9 Å². The van der Waals surface area contributed by atoms with Gasteiger partial charge in [0.05, 0.1) is 6.54 Å². The van der Waals surface area contributed by atoms with Gasteiger partial charge in [0.2, 0.25) is 5.91 Å². The first-order valence-corrected chi connectivity index (χ1v) is 7.66. The van der Waals surface area contributed by atoms with Crippen molar-refractivity contribution in [3.8, 4) is 0 Å². The zero-order valence-electron chi connectivity index (χ0n) is 12.4. The van der Waals surface area contributed by atoms with Crippen molar-refractivity contribution in [3.63, 3.8) is 0 Å². The Kier molecular flexibility index (Phi) is 4.60. The molecule has 0 unspecified atom stereocenters. The predicted molar refractivity (Wildman–Crippen MR) is 81.9 cm³/mol. The van der Waals surface area contributed by atoms with Gasteiger partial charge in [-0.25, -0.2) is 4.98 Å². The van der Waals surface area contributed by atoms with Crippen molar-refractivity contribution in [1.29, 1.82) is 0 Å². The molecular weight excluding hydrogens is 270 g/mol. The zero-order valence-corrected chi connectivity index (χ0v) is 13.2. The van der Waals surface area contributed by atoms with Gasteiger partial charge >= 0.3 is 0 Å². The van der Waals surface area contributed by atoms with Crippen molar-refractivity contribution in [1.82, 2.24) is 14.9 Å². The Labute approximate surface area is 123 Å². The van der Waals surface area contributed by atoms with Crippen LogP contribution in [0.5, 0.6) is 0 Å². The summed E-state index contributed by atoms with van der Waals surface area (Å²) in [6.45, 7) is 8.73. The van der Waals surface area contributed by atoms with Crippen LogP contribution in [0.1, 0.15) is 48.3 Å². The lowest BCUT2D eigenvalue weighted by Crippen LogP contribution is -2.31. The fraction of sp³-hybridized carbons (Fsp3) is 0.467. The second-order valence-electron chi connectivity index (χ2n) is 5.25. The third-order valence-electron chi connectivity index (χ3n) is 3.24. The molecule has 0 fully saturated rings. The van der Waals surface area contributed by atoms with Crippen LogP contribution in [0.3, 0.4) is 0 Å². The van der Waals surface area contributed by atoms with Gasteiger partial charge in [0.15, 0.2) is 0 Å². The molecule has 0 saturated heterocycles. The first-order valence-electron chi connectivity index (χ1n) is 6.84. The largest absolute Gasteiger partial charge is 0.349 e. The minimum Gasteiger partial charge on any atom is -0.349 e. The lowest BCUT2D eigenvalue weighted by Gasteiger charge is -2.17. The molecule has 2 rings (SSSR count). The van der Waals surface area contributed by atoms with Crippen LogP contribution in [0.4, 0.5) is 0 Å². The molecule has 1 N–H and O–H groups in total. The molecule has 108 valence electrons. The number of nitrogens with zero attached hydrogens (tertiary/aromatic N) is 2. The van der Waals surface area contributed by atoms with Gasteiger partial charge in [-0.3, -0.25) is 4.79 Å². The van der Waals surface area contributed by atoms with Crippen molar-refractivity contribution in [2.75, 3.05) is 0 Å². The number of nitrogens with one attached hydrogen (secondary N) is 1. The summed E-state index contributed by atoms with van der Waals surface area (Å²) >= 11 is 1.71. The van der Waals surface area contributed by atoms with E-state index >= 15 is 0 Å². The topological polar surface area (TPSA) is 46.9 Å². The van der Waals surface area contributed by atoms with Crippen molar-refractivity contribution < 1.29 is 4.79 Å². The second kappa shape index (κ2) is 6.22. The lowest BCUT2D eigenvalue weighted by atomic mass is 10.2. The van der Waals surface area contributed by atoms with E-state index in [9.17, 15) is 4.79 Å². The van der Waals surface area contributed by atoms with Crippen molar-refractivity contribution >= 4 is 17.2 Å². The van der Waals surface area contributed by atoms with E-state index in [0.29, 0.717) is 12.5 Å². The van der Waals surface area contributed by atoms with Crippen LogP contribution >= 0.6 is 11.3 Å². The van der Waals surface area contributed by atoms with E-state index in [2.05, 4.69) is 43.2 Å². The fourth-order valence-electron chi connectivity index (χ4n) is 2.13. The van der Waals surface area contributed by atoms with Crippen LogP contribution in [0, 0.1) is 6.92 Å². The van der Waals surface area contributed by atoms with E-state index < -0.39 is 0 Å². The summed E-state index contributed by atoms with van der Waals surface area (Å²) in [5.74, 6) is 1.27. The Morgan fingerprint density at radius 1 is 1.40 bits per heavy atom. The molecule has 4 nitrogen and oxygen atoms in total. The fourth-order valence-corrected chi connectivity index (χ4v) is 2.96. The number of amides is 1. The Balaban J connectivity index is 1.99. The van der Waals surface area contributed by atoms with Crippen LogP contribution in [-0.2, 0) is 11.3 Å².